The zero-order valence-corrected chi connectivity index (χ0v) is 13.6. The molecule has 0 spiro atoms. The van der Waals surface area contributed by atoms with Crippen LogP contribution in [0, 0.1) is 0 Å². The number of aryl methyl sites for hydroxylation is 1. The van der Waals surface area contributed by atoms with Gasteiger partial charge < -0.3 is 5.73 Å². The summed E-state index contributed by atoms with van der Waals surface area (Å²) >= 11 is 0. The van der Waals surface area contributed by atoms with Gasteiger partial charge in [-0.15, -0.1) is 6.58 Å². The van der Waals surface area contributed by atoms with Crippen molar-refractivity contribution < 1.29 is 6.22 Å². The summed E-state index contributed by atoms with van der Waals surface area (Å²) in [7, 11) is 0. The van der Waals surface area contributed by atoms with Crippen LogP contribution in [0.1, 0.15) is 42.8 Å². The first kappa shape index (κ1) is 18.4. The Morgan fingerprint density at radius 1 is 1.22 bits per heavy atom. The number of pyridine rings is 1. The Morgan fingerprint density at radius 3 is 2.43 bits per heavy atom. The lowest BCUT2D eigenvalue weighted by molar-refractivity contribution is 0.0995. The standard InChI is InChI=1S/C12H14N2O.C8H10.H2/c1-2-3-4-5-6-10-7-8-11(12(13)15)14-9-10;1-2-8-6-4-3-5-7-8;/h2,5-9H,1,3-4H2,(H2,13,15);3-7H,2H2,1H3;1H/b6-5+;;. The fraction of sp³-hybridized carbons (Fsp3) is 0.200. The largest absolute Gasteiger partial charge is 0.364 e. The van der Waals surface area contributed by atoms with Crippen molar-refractivity contribution in [2.24, 2.45) is 5.73 Å². The minimum atomic E-state index is -0.503. The van der Waals surface area contributed by atoms with Gasteiger partial charge in [0.1, 0.15) is 5.69 Å². The summed E-state index contributed by atoms with van der Waals surface area (Å²) in [5.41, 5.74) is 7.73. The summed E-state index contributed by atoms with van der Waals surface area (Å²) in [6, 6.07) is 13.9. The number of hydrogen-bond acceptors (Lipinski definition) is 2. The normalized spacial score (nSPS) is 9.96. The first-order valence-corrected chi connectivity index (χ1v) is 7.74. The molecule has 0 unspecified atom stereocenters. The summed E-state index contributed by atoms with van der Waals surface area (Å²) in [6.45, 7) is 5.80. The van der Waals surface area contributed by atoms with E-state index in [-0.39, 0.29) is 1.43 Å². The highest BCUT2D eigenvalue weighted by atomic mass is 16.1. The number of benzene rings is 1. The van der Waals surface area contributed by atoms with Gasteiger partial charge in [0, 0.05) is 7.62 Å². The molecule has 0 aliphatic heterocycles. The molecule has 3 heteroatoms. The van der Waals surface area contributed by atoms with Crippen molar-refractivity contribution in [3.63, 3.8) is 0 Å². The van der Waals surface area contributed by atoms with E-state index < -0.39 is 5.91 Å². The maximum Gasteiger partial charge on any atom is 0.267 e. The molecule has 0 radical (unpaired) electrons. The van der Waals surface area contributed by atoms with E-state index in [1.165, 1.54) is 5.56 Å². The molecule has 0 aliphatic rings. The van der Waals surface area contributed by atoms with Crippen molar-refractivity contribution in [1.82, 2.24) is 4.98 Å². The van der Waals surface area contributed by atoms with Crippen LogP contribution in [0.3, 0.4) is 0 Å². The number of aromatic nitrogens is 1. The minimum Gasteiger partial charge on any atom is -0.364 e. The molecule has 0 bridgehead atoms. The lowest BCUT2D eigenvalue weighted by atomic mass is 10.2. The van der Waals surface area contributed by atoms with Crippen molar-refractivity contribution in [3.8, 4) is 0 Å². The van der Waals surface area contributed by atoms with Gasteiger partial charge in [0.2, 0.25) is 0 Å². The molecule has 2 N–H and O–H groups in total. The molecule has 1 amide bonds. The van der Waals surface area contributed by atoms with Gasteiger partial charge in [-0.1, -0.05) is 61.5 Å². The van der Waals surface area contributed by atoms with Crippen molar-refractivity contribution in [3.05, 3.63) is 84.2 Å². The molecule has 1 aromatic carbocycles. The second-order valence-corrected chi connectivity index (χ2v) is 4.95. The molecule has 0 saturated heterocycles. The van der Waals surface area contributed by atoms with Gasteiger partial charge in [0.05, 0.1) is 0 Å². The van der Waals surface area contributed by atoms with Crippen LogP contribution < -0.4 is 5.73 Å². The topological polar surface area (TPSA) is 56.0 Å². The first-order valence-electron chi connectivity index (χ1n) is 7.74. The van der Waals surface area contributed by atoms with Gasteiger partial charge in [-0.2, -0.15) is 0 Å². The second kappa shape index (κ2) is 11.0. The number of carbonyl (C=O) groups is 1. The summed E-state index contributed by atoms with van der Waals surface area (Å²) < 4.78 is 0. The van der Waals surface area contributed by atoms with Gasteiger partial charge in [-0.05, 0) is 36.5 Å². The molecule has 0 atom stereocenters. The molecule has 1 heterocycles. The molecule has 0 fully saturated rings. The Hall–Kier alpha value is -2.68. The van der Waals surface area contributed by atoms with Crippen molar-refractivity contribution in [2.75, 3.05) is 0 Å². The highest BCUT2D eigenvalue weighted by molar-refractivity contribution is 5.90. The number of allylic oxidation sites excluding steroid dienone is 2. The molecule has 1 aromatic heterocycles. The van der Waals surface area contributed by atoms with Gasteiger partial charge in [-0.25, -0.2) is 0 Å². The summed E-state index contributed by atoms with van der Waals surface area (Å²) in [5.74, 6) is -0.503. The van der Waals surface area contributed by atoms with Crippen molar-refractivity contribution in [1.29, 1.82) is 0 Å². The number of primary amides is 1. The third-order valence-corrected chi connectivity index (χ3v) is 3.14. The Bertz CT molecular complexity index is 622. The number of unbranched alkanes of at least 4 members (excludes halogenated alkanes) is 1. The number of nitrogens with zero attached hydrogens (tertiary/aromatic N) is 1. The zero-order valence-electron chi connectivity index (χ0n) is 13.6. The summed E-state index contributed by atoms with van der Waals surface area (Å²) in [6.07, 6.45) is 10.6. The van der Waals surface area contributed by atoms with Gasteiger partial charge >= 0.3 is 0 Å². The Labute approximate surface area is 140 Å². The molecule has 2 rings (SSSR count). The Kier molecular flexibility index (Phi) is 8.76. The third kappa shape index (κ3) is 7.77. The Balaban J connectivity index is 0.000000498. The Morgan fingerprint density at radius 2 is 1.96 bits per heavy atom. The monoisotopic (exact) mass is 310 g/mol. The van der Waals surface area contributed by atoms with Crippen LogP contribution in [0.15, 0.2) is 67.4 Å². The van der Waals surface area contributed by atoms with E-state index in [2.05, 4.69) is 42.8 Å². The highest BCUT2D eigenvalue weighted by Crippen LogP contribution is 2.04. The average Bonchev–Trinajstić information content (AvgIpc) is 2.60. The molecule has 122 valence electrons. The number of rotatable bonds is 6. The maximum absolute atomic E-state index is 10.7. The van der Waals surface area contributed by atoms with Gasteiger partial charge in [0.15, 0.2) is 0 Å². The smallest absolute Gasteiger partial charge is 0.267 e. The zero-order chi connectivity index (χ0) is 16.9. The average molecular weight is 310 g/mol. The van der Waals surface area contributed by atoms with E-state index in [1.807, 2.05) is 30.4 Å². The third-order valence-electron chi connectivity index (χ3n) is 3.14. The number of amides is 1. The van der Waals surface area contributed by atoms with Crippen LogP contribution in [0.2, 0.25) is 0 Å². The van der Waals surface area contributed by atoms with Crippen molar-refractivity contribution >= 4 is 12.0 Å². The maximum atomic E-state index is 10.7. The molecule has 3 nitrogen and oxygen atoms in total. The predicted molar refractivity (Wildman–Crippen MR) is 99.2 cm³/mol. The van der Waals surface area contributed by atoms with Crippen LogP contribution in [-0.4, -0.2) is 10.9 Å². The molecular formula is C20H26N2O. The van der Waals surface area contributed by atoms with E-state index in [4.69, 9.17) is 5.73 Å². The molecular weight excluding hydrogens is 284 g/mol. The van der Waals surface area contributed by atoms with E-state index in [9.17, 15) is 4.79 Å². The summed E-state index contributed by atoms with van der Waals surface area (Å²) in [4.78, 5) is 14.7. The van der Waals surface area contributed by atoms with Crippen LogP contribution in [-0.2, 0) is 6.42 Å². The van der Waals surface area contributed by atoms with Crippen LogP contribution in [0.5, 0.6) is 0 Å². The number of nitrogens with two attached hydrogens (primary N) is 1. The quantitative estimate of drug-likeness (QED) is 0.623. The van der Waals surface area contributed by atoms with E-state index >= 15 is 0 Å². The van der Waals surface area contributed by atoms with Gasteiger partial charge in [0.25, 0.3) is 5.91 Å². The van der Waals surface area contributed by atoms with Crippen molar-refractivity contribution in [2.45, 2.75) is 26.2 Å². The van der Waals surface area contributed by atoms with Gasteiger partial charge in [-0.3, -0.25) is 9.78 Å². The highest BCUT2D eigenvalue weighted by Gasteiger charge is 1.99. The number of carbonyl (C=O) groups excluding carboxylic acids is 1. The fourth-order valence-corrected chi connectivity index (χ4v) is 1.80. The van der Waals surface area contributed by atoms with Crippen LogP contribution in [0.25, 0.3) is 6.08 Å². The summed E-state index contributed by atoms with van der Waals surface area (Å²) in [5, 5.41) is 0. The lowest BCUT2D eigenvalue weighted by Crippen LogP contribution is -2.12. The lowest BCUT2D eigenvalue weighted by Gasteiger charge is -1.95. The molecule has 2 aromatic rings. The van der Waals surface area contributed by atoms with E-state index in [0.29, 0.717) is 5.69 Å². The minimum absolute atomic E-state index is 0. The van der Waals surface area contributed by atoms with Crippen LogP contribution in [0.4, 0.5) is 0 Å². The SMILES string of the molecule is C=CCC/C=C/c1ccc(C(N)=O)nc1.CCc1ccccc1.[HH]. The first-order chi connectivity index (χ1) is 11.2. The molecule has 0 aliphatic carbocycles. The molecule has 23 heavy (non-hydrogen) atoms. The van der Waals surface area contributed by atoms with Crippen LogP contribution >= 0.6 is 0 Å². The fourth-order valence-electron chi connectivity index (χ4n) is 1.80. The second-order valence-electron chi connectivity index (χ2n) is 4.95. The number of hydrogen-bond donors (Lipinski definition) is 1. The molecule has 0 saturated carbocycles. The van der Waals surface area contributed by atoms with E-state index in [0.717, 1.165) is 24.8 Å². The predicted octanol–water partition coefficient (Wildman–Crippen LogP) is 4.65. The van der Waals surface area contributed by atoms with E-state index in [1.54, 1.807) is 12.3 Å².